The van der Waals surface area contributed by atoms with Crippen molar-refractivity contribution in [3.05, 3.63) is 24.3 Å². The maximum absolute atomic E-state index is 12.5. The van der Waals surface area contributed by atoms with E-state index < -0.39 is 21.9 Å². The van der Waals surface area contributed by atoms with Gasteiger partial charge < -0.3 is 5.73 Å². The molecule has 0 fully saturated rings. The Kier molecular flexibility index (Phi) is 4.72. The lowest BCUT2D eigenvalue weighted by Gasteiger charge is -2.10. The highest BCUT2D eigenvalue weighted by molar-refractivity contribution is 7.92. The molecule has 0 aliphatic rings. The van der Waals surface area contributed by atoms with Crippen molar-refractivity contribution in [3.8, 4) is 0 Å². The Morgan fingerprint density at radius 2 is 2.10 bits per heavy atom. The number of aromatic nitrogens is 1. The van der Waals surface area contributed by atoms with Crippen molar-refractivity contribution in [3.63, 3.8) is 0 Å². The number of nitrogens with zero attached hydrogens (tertiary/aromatic N) is 2. The first kappa shape index (κ1) is 16.0. The first-order valence-electron chi connectivity index (χ1n) is 6.50. The second kappa shape index (κ2) is 6.18. The van der Waals surface area contributed by atoms with Gasteiger partial charge >= 0.3 is 0 Å². The Bertz CT molecular complexity index is 775. The minimum atomic E-state index is -3.38. The van der Waals surface area contributed by atoms with Crippen molar-refractivity contribution >= 4 is 37.4 Å². The summed E-state index contributed by atoms with van der Waals surface area (Å²) in [5, 5.41) is 6.55. The fraction of sp³-hybridized carbons (Fsp3) is 0.385. The molecule has 2 atom stereocenters. The normalized spacial score (nSPS) is 15.9. The van der Waals surface area contributed by atoms with Gasteiger partial charge in [0, 0.05) is 5.39 Å². The van der Waals surface area contributed by atoms with Gasteiger partial charge in [0.15, 0.2) is 14.9 Å². The molecule has 1 aromatic heterocycles. The van der Waals surface area contributed by atoms with Gasteiger partial charge in [-0.05, 0) is 29.9 Å². The first-order chi connectivity index (χ1) is 9.81. The fourth-order valence-corrected chi connectivity index (χ4v) is 4.19. The van der Waals surface area contributed by atoms with Gasteiger partial charge in [-0.15, -0.1) is 4.36 Å². The Morgan fingerprint density at radius 3 is 2.76 bits per heavy atom. The van der Waals surface area contributed by atoms with E-state index in [0.717, 1.165) is 4.70 Å². The zero-order valence-corrected chi connectivity index (χ0v) is 13.5. The molecule has 1 amide bonds. The van der Waals surface area contributed by atoms with Crippen molar-refractivity contribution in [1.82, 2.24) is 4.37 Å². The first-order valence-corrected chi connectivity index (χ1v) is 8.85. The molecule has 4 N–H and O–H groups in total. The Hall–Kier alpha value is -1.35. The topological polar surface area (TPSA) is 111 Å². The quantitative estimate of drug-likeness (QED) is 0.893. The van der Waals surface area contributed by atoms with E-state index in [-0.39, 0.29) is 10.9 Å². The fourth-order valence-electron chi connectivity index (χ4n) is 1.93. The predicted octanol–water partition coefficient (Wildman–Crippen LogP) is 1.90. The monoisotopic (exact) mass is 326 g/mol. The van der Waals surface area contributed by atoms with Gasteiger partial charge in [-0.1, -0.05) is 32.0 Å². The van der Waals surface area contributed by atoms with E-state index >= 15 is 0 Å². The van der Waals surface area contributed by atoms with Crippen molar-refractivity contribution in [2.75, 3.05) is 0 Å². The number of nitrogens with two attached hydrogens (primary N) is 2. The third-order valence-electron chi connectivity index (χ3n) is 2.89. The molecule has 0 saturated heterocycles. The summed E-state index contributed by atoms with van der Waals surface area (Å²) in [4.78, 5) is 12.0. The largest absolute Gasteiger partial charge is 0.320 e. The van der Waals surface area contributed by atoms with Gasteiger partial charge in [0.25, 0.3) is 5.91 Å². The van der Waals surface area contributed by atoms with Crippen LogP contribution in [0.25, 0.3) is 10.1 Å². The van der Waals surface area contributed by atoms with Gasteiger partial charge in [-0.3, -0.25) is 4.79 Å². The number of carbonyl (C=O) groups is 1. The third kappa shape index (κ3) is 3.65. The van der Waals surface area contributed by atoms with E-state index in [0.29, 0.717) is 11.8 Å². The average molecular weight is 326 g/mol. The Balaban J connectivity index is 2.39. The molecule has 0 radical (unpaired) electrons. The molecule has 2 aromatic rings. The van der Waals surface area contributed by atoms with Crippen LogP contribution in [0, 0.1) is 5.92 Å². The van der Waals surface area contributed by atoms with Gasteiger partial charge in [0.1, 0.15) is 0 Å². The molecule has 1 aromatic carbocycles. The standard InChI is InChI=1S/C13H18N4O2S2/c1-8(2)7-10(14)12(18)17-21(15,19)13-9-5-3-4-6-11(9)20-16-13/h3-6,8,10H,7,14H2,1-2H3,(H2,15,17,18,19)/t10-,21?/m0/s1. The number of carbonyl (C=O) groups excluding carboxylic acids is 1. The predicted molar refractivity (Wildman–Crippen MR) is 85.1 cm³/mol. The smallest absolute Gasteiger partial charge is 0.271 e. The minimum absolute atomic E-state index is 0.146. The van der Waals surface area contributed by atoms with E-state index in [2.05, 4.69) is 8.74 Å². The molecule has 0 aliphatic carbocycles. The highest BCUT2D eigenvalue weighted by atomic mass is 32.2. The lowest BCUT2D eigenvalue weighted by molar-refractivity contribution is -0.119. The molecule has 21 heavy (non-hydrogen) atoms. The Morgan fingerprint density at radius 1 is 1.43 bits per heavy atom. The summed E-state index contributed by atoms with van der Waals surface area (Å²) in [7, 11) is -3.38. The van der Waals surface area contributed by atoms with Crippen molar-refractivity contribution < 1.29 is 9.00 Å². The minimum Gasteiger partial charge on any atom is -0.320 e. The maximum atomic E-state index is 12.5. The molecular formula is C13H18N4O2S2. The van der Waals surface area contributed by atoms with Crippen LogP contribution in [0.3, 0.4) is 0 Å². The van der Waals surface area contributed by atoms with E-state index in [1.54, 1.807) is 12.1 Å². The third-order valence-corrected chi connectivity index (χ3v) is 5.15. The maximum Gasteiger partial charge on any atom is 0.271 e. The highest BCUT2D eigenvalue weighted by Crippen LogP contribution is 2.25. The van der Waals surface area contributed by atoms with Gasteiger partial charge in [-0.2, -0.15) is 4.37 Å². The molecule has 0 saturated carbocycles. The molecular weight excluding hydrogens is 308 g/mol. The summed E-state index contributed by atoms with van der Waals surface area (Å²) < 4.78 is 21.1. The van der Waals surface area contributed by atoms with Crippen LogP contribution in [0.5, 0.6) is 0 Å². The van der Waals surface area contributed by atoms with Crippen LogP contribution in [-0.4, -0.2) is 20.5 Å². The molecule has 0 aliphatic heterocycles. The molecule has 6 nitrogen and oxygen atoms in total. The van der Waals surface area contributed by atoms with E-state index in [9.17, 15) is 9.00 Å². The van der Waals surface area contributed by atoms with Crippen molar-refractivity contribution in [2.24, 2.45) is 21.2 Å². The zero-order valence-electron chi connectivity index (χ0n) is 11.9. The van der Waals surface area contributed by atoms with Gasteiger partial charge in [0.2, 0.25) is 0 Å². The SMILES string of the molecule is CC(C)C[C@H](N)C(=O)N=S(N)(=O)c1nsc2ccccc12. The molecule has 0 bridgehead atoms. The van der Waals surface area contributed by atoms with Crippen LogP contribution in [0.2, 0.25) is 0 Å². The Labute approximate surface area is 128 Å². The number of hydrogen-bond acceptors (Lipinski definition) is 5. The summed E-state index contributed by atoms with van der Waals surface area (Å²) in [6.07, 6.45) is 0.468. The van der Waals surface area contributed by atoms with Crippen LogP contribution in [0.4, 0.5) is 0 Å². The van der Waals surface area contributed by atoms with E-state index in [1.165, 1.54) is 11.5 Å². The highest BCUT2D eigenvalue weighted by Gasteiger charge is 2.20. The summed E-state index contributed by atoms with van der Waals surface area (Å²) >= 11 is 1.18. The zero-order chi connectivity index (χ0) is 15.6. The summed E-state index contributed by atoms with van der Waals surface area (Å²) in [6, 6.07) is 6.46. The number of amides is 1. The molecule has 1 heterocycles. The van der Waals surface area contributed by atoms with Crippen LogP contribution in [-0.2, 0) is 14.7 Å². The molecule has 8 heteroatoms. The molecule has 1 unspecified atom stereocenters. The second-order valence-corrected chi connectivity index (χ2v) is 7.73. The average Bonchev–Trinajstić information content (AvgIpc) is 2.81. The van der Waals surface area contributed by atoms with Crippen molar-refractivity contribution in [2.45, 2.75) is 31.3 Å². The van der Waals surface area contributed by atoms with Gasteiger partial charge in [0.05, 0.1) is 10.7 Å². The second-order valence-electron chi connectivity index (χ2n) is 5.22. The number of fused-ring (bicyclic) bond motifs is 1. The number of benzene rings is 1. The van der Waals surface area contributed by atoms with E-state index in [4.69, 9.17) is 10.9 Å². The van der Waals surface area contributed by atoms with Crippen LogP contribution < -0.4 is 10.9 Å². The van der Waals surface area contributed by atoms with Crippen LogP contribution in [0.15, 0.2) is 33.7 Å². The lowest BCUT2D eigenvalue weighted by Crippen LogP contribution is -2.32. The summed E-state index contributed by atoms with van der Waals surface area (Å²) in [5.41, 5.74) is 5.75. The molecule has 0 spiro atoms. The number of rotatable bonds is 4. The van der Waals surface area contributed by atoms with Gasteiger partial charge in [-0.25, -0.2) is 9.35 Å². The summed E-state index contributed by atoms with van der Waals surface area (Å²) in [5.74, 6) is -0.402. The van der Waals surface area contributed by atoms with Crippen LogP contribution in [0.1, 0.15) is 20.3 Å². The lowest BCUT2D eigenvalue weighted by atomic mass is 10.0. The molecule has 2 rings (SSSR count). The number of hydrogen-bond donors (Lipinski definition) is 2. The summed E-state index contributed by atoms with van der Waals surface area (Å²) in [6.45, 7) is 3.89. The van der Waals surface area contributed by atoms with E-state index in [1.807, 2.05) is 26.0 Å². The van der Waals surface area contributed by atoms with Crippen molar-refractivity contribution in [1.29, 1.82) is 0 Å². The van der Waals surface area contributed by atoms with Crippen LogP contribution >= 0.6 is 11.5 Å². The molecule has 114 valence electrons.